The van der Waals surface area contributed by atoms with Gasteiger partial charge in [-0.05, 0) is 48.9 Å². The Hall–Kier alpha value is -4.07. The van der Waals surface area contributed by atoms with E-state index in [1.165, 1.54) is 12.3 Å². The number of carbonyl (C=O) groups is 1. The minimum atomic E-state index is -4.50. The Kier molecular flexibility index (Phi) is 6.67. The van der Waals surface area contributed by atoms with Gasteiger partial charge in [0, 0.05) is 17.3 Å². The summed E-state index contributed by atoms with van der Waals surface area (Å²) >= 11 is 0. The van der Waals surface area contributed by atoms with E-state index in [2.05, 4.69) is 10.3 Å². The summed E-state index contributed by atoms with van der Waals surface area (Å²) in [5, 5.41) is 3.50. The molecular weight excluding hydrogens is 445 g/mol. The van der Waals surface area contributed by atoms with Crippen molar-refractivity contribution in [2.45, 2.75) is 19.7 Å². The van der Waals surface area contributed by atoms with Gasteiger partial charge < -0.3 is 14.8 Å². The fourth-order valence-corrected chi connectivity index (χ4v) is 3.39. The van der Waals surface area contributed by atoms with Crippen molar-refractivity contribution in [3.63, 3.8) is 0 Å². The van der Waals surface area contributed by atoms with Crippen molar-refractivity contribution in [3.8, 4) is 5.75 Å². The number of carbonyl (C=O) groups excluding carboxylic acids is 1. The normalized spacial score (nSPS) is 11.3. The summed E-state index contributed by atoms with van der Waals surface area (Å²) in [4.78, 5) is 16.6. The van der Waals surface area contributed by atoms with Gasteiger partial charge in [-0.15, -0.1) is 0 Å². The van der Waals surface area contributed by atoms with E-state index < -0.39 is 17.7 Å². The second-order valence-corrected chi connectivity index (χ2v) is 7.42. The number of nitrogens with zero attached hydrogens (tertiary/aromatic N) is 1. The predicted octanol–water partition coefficient (Wildman–Crippen LogP) is 6.75. The average molecular weight is 466 g/mol. The molecule has 4 rings (SSSR count). The summed E-state index contributed by atoms with van der Waals surface area (Å²) in [5.41, 5.74) is 1.37. The SMILES string of the molecule is CCOC(=O)c1cnc2cc(C(F)(F)F)ccc2c1Nc1ccc(OCc2ccccc2)cc1. The van der Waals surface area contributed by atoms with Gasteiger partial charge in [0.15, 0.2) is 0 Å². The molecule has 34 heavy (non-hydrogen) atoms. The number of hydrogen-bond acceptors (Lipinski definition) is 5. The molecule has 1 aromatic heterocycles. The van der Waals surface area contributed by atoms with Crippen molar-refractivity contribution in [3.05, 3.63) is 95.7 Å². The lowest BCUT2D eigenvalue weighted by molar-refractivity contribution is -0.137. The smallest absolute Gasteiger partial charge is 0.416 e. The lowest BCUT2D eigenvalue weighted by atomic mass is 10.1. The van der Waals surface area contributed by atoms with E-state index in [0.29, 0.717) is 29.1 Å². The van der Waals surface area contributed by atoms with Gasteiger partial charge in [0.2, 0.25) is 0 Å². The van der Waals surface area contributed by atoms with Crippen LogP contribution in [-0.2, 0) is 17.5 Å². The van der Waals surface area contributed by atoms with E-state index >= 15 is 0 Å². The molecule has 0 aliphatic carbocycles. The Balaban J connectivity index is 1.63. The summed E-state index contributed by atoms with van der Waals surface area (Å²) in [5.74, 6) is 0.0246. The van der Waals surface area contributed by atoms with Gasteiger partial charge in [-0.3, -0.25) is 4.98 Å². The molecule has 0 spiro atoms. The highest BCUT2D eigenvalue weighted by Crippen LogP contribution is 2.35. The van der Waals surface area contributed by atoms with Crippen LogP contribution >= 0.6 is 0 Å². The molecule has 1 N–H and O–H groups in total. The highest BCUT2D eigenvalue weighted by atomic mass is 19.4. The maximum absolute atomic E-state index is 13.2. The number of halogens is 3. The molecule has 0 fully saturated rings. The monoisotopic (exact) mass is 466 g/mol. The topological polar surface area (TPSA) is 60.5 Å². The molecule has 0 saturated carbocycles. The minimum absolute atomic E-state index is 0.105. The third-order valence-electron chi connectivity index (χ3n) is 5.06. The minimum Gasteiger partial charge on any atom is -0.489 e. The number of pyridine rings is 1. The summed E-state index contributed by atoms with van der Waals surface area (Å²) in [7, 11) is 0. The molecule has 1 heterocycles. The molecule has 0 atom stereocenters. The quantitative estimate of drug-likeness (QED) is 0.305. The number of alkyl halides is 3. The number of ether oxygens (including phenoxy) is 2. The Morgan fingerprint density at radius 2 is 1.74 bits per heavy atom. The van der Waals surface area contributed by atoms with Crippen LogP contribution in [0.2, 0.25) is 0 Å². The van der Waals surface area contributed by atoms with E-state index in [4.69, 9.17) is 9.47 Å². The van der Waals surface area contributed by atoms with Crippen LogP contribution in [0.4, 0.5) is 24.5 Å². The van der Waals surface area contributed by atoms with Gasteiger partial charge in [0.05, 0.1) is 23.4 Å². The van der Waals surface area contributed by atoms with Gasteiger partial charge in [-0.25, -0.2) is 4.79 Å². The van der Waals surface area contributed by atoms with Crippen LogP contribution in [0.25, 0.3) is 10.9 Å². The van der Waals surface area contributed by atoms with Crippen molar-refractivity contribution in [2.24, 2.45) is 0 Å². The van der Waals surface area contributed by atoms with Crippen molar-refractivity contribution in [1.82, 2.24) is 4.98 Å². The molecule has 174 valence electrons. The molecule has 8 heteroatoms. The predicted molar refractivity (Wildman–Crippen MR) is 123 cm³/mol. The summed E-state index contributed by atoms with van der Waals surface area (Å²) in [6.07, 6.45) is -3.28. The van der Waals surface area contributed by atoms with Crippen molar-refractivity contribution in [2.75, 3.05) is 11.9 Å². The third-order valence-corrected chi connectivity index (χ3v) is 5.06. The third kappa shape index (κ3) is 5.28. The number of anilines is 2. The lowest BCUT2D eigenvalue weighted by Crippen LogP contribution is -2.10. The molecule has 0 unspecified atom stereocenters. The van der Waals surface area contributed by atoms with Crippen LogP contribution < -0.4 is 10.1 Å². The molecule has 5 nitrogen and oxygen atoms in total. The fourth-order valence-electron chi connectivity index (χ4n) is 3.39. The van der Waals surface area contributed by atoms with Crippen LogP contribution in [0.15, 0.2) is 79.0 Å². The van der Waals surface area contributed by atoms with Gasteiger partial charge in [0.1, 0.15) is 17.9 Å². The fraction of sp³-hybridized carbons (Fsp3) is 0.154. The zero-order chi connectivity index (χ0) is 24.1. The number of esters is 1. The Morgan fingerprint density at radius 3 is 2.41 bits per heavy atom. The number of benzene rings is 3. The van der Waals surface area contributed by atoms with Crippen LogP contribution in [0.5, 0.6) is 5.75 Å². The van der Waals surface area contributed by atoms with E-state index in [9.17, 15) is 18.0 Å². The highest BCUT2D eigenvalue weighted by molar-refractivity contribution is 6.06. The van der Waals surface area contributed by atoms with Crippen LogP contribution in [0.3, 0.4) is 0 Å². The lowest BCUT2D eigenvalue weighted by Gasteiger charge is -2.16. The Labute approximate surface area is 194 Å². The average Bonchev–Trinajstić information content (AvgIpc) is 2.83. The first kappa shape index (κ1) is 23.1. The van der Waals surface area contributed by atoms with E-state index in [1.54, 1.807) is 31.2 Å². The van der Waals surface area contributed by atoms with Crippen molar-refractivity contribution >= 4 is 28.2 Å². The largest absolute Gasteiger partial charge is 0.489 e. The second kappa shape index (κ2) is 9.82. The van der Waals surface area contributed by atoms with Gasteiger partial charge in [-0.1, -0.05) is 36.4 Å². The number of aromatic nitrogens is 1. The first-order valence-electron chi connectivity index (χ1n) is 10.6. The molecule has 4 aromatic rings. The Morgan fingerprint density at radius 1 is 1.00 bits per heavy atom. The van der Waals surface area contributed by atoms with E-state index in [-0.39, 0.29) is 17.7 Å². The molecule has 0 saturated heterocycles. The van der Waals surface area contributed by atoms with Crippen LogP contribution in [0.1, 0.15) is 28.4 Å². The molecule has 3 aromatic carbocycles. The first-order chi connectivity index (χ1) is 16.3. The summed E-state index contributed by atoms with van der Waals surface area (Å²) < 4.78 is 50.3. The molecule has 0 aliphatic heterocycles. The van der Waals surface area contributed by atoms with Crippen LogP contribution in [0, 0.1) is 0 Å². The second-order valence-electron chi connectivity index (χ2n) is 7.42. The summed E-state index contributed by atoms with van der Waals surface area (Å²) in [6.45, 7) is 2.23. The molecule has 0 bridgehead atoms. The standard InChI is InChI=1S/C26H21F3N2O3/c1-2-33-25(32)22-15-30-23-14-18(26(27,28)29)8-13-21(23)24(22)31-19-9-11-20(12-10-19)34-16-17-6-4-3-5-7-17/h3-15H,2,16H2,1H3,(H,30,31). The van der Waals surface area contributed by atoms with Gasteiger partial charge in [0.25, 0.3) is 0 Å². The van der Waals surface area contributed by atoms with Crippen LogP contribution in [-0.4, -0.2) is 17.6 Å². The maximum Gasteiger partial charge on any atom is 0.416 e. The number of fused-ring (bicyclic) bond motifs is 1. The molecular formula is C26H21F3N2O3. The molecule has 0 aliphatic rings. The first-order valence-corrected chi connectivity index (χ1v) is 10.6. The van der Waals surface area contributed by atoms with Gasteiger partial charge >= 0.3 is 12.1 Å². The van der Waals surface area contributed by atoms with Crippen molar-refractivity contribution < 1.29 is 27.4 Å². The zero-order valence-corrected chi connectivity index (χ0v) is 18.2. The van der Waals surface area contributed by atoms with Crippen molar-refractivity contribution in [1.29, 1.82) is 0 Å². The van der Waals surface area contributed by atoms with E-state index in [0.717, 1.165) is 17.7 Å². The Bertz CT molecular complexity index is 1290. The highest BCUT2D eigenvalue weighted by Gasteiger charge is 2.31. The number of hydrogen-bond donors (Lipinski definition) is 1. The number of nitrogens with one attached hydrogen (secondary N) is 1. The number of rotatable bonds is 7. The zero-order valence-electron chi connectivity index (χ0n) is 18.2. The molecule has 0 radical (unpaired) electrons. The van der Waals surface area contributed by atoms with Gasteiger partial charge in [-0.2, -0.15) is 13.2 Å². The molecule has 0 amide bonds. The summed E-state index contributed by atoms with van der Waals surface area (Å²) in [6, 6.07) is 20.0. The van der Waals surface area contributed by atoms with E-state index in [1.807, 2.05) is 30.3 Å². The maximum atomic E-state index is 13.2.